The second-order valence-corrected chi connectivity index (χ2v) is 16.5. The van der Waals surface area contributed by atoms with Gasteiger partial charge in [0.1, 0.15) is 0 Å². The Bertz CT molecular complexity index is 1980. The average Bonchev–Trinajstić information content (AvgIpc) is 3.18. The molecular formula is C43H56N8O2S. The van der Waals surface area contributed by atoms with Crippen LogP contribution in [0.1, 0.15) is 81.8 Å². The number of rotatable bonds is 19. The molecule has 0 unspecified atom stereocenters. The second-order valence-electron chi connectivity index (χ2n) is 14.8. The van der Waals surface area contributed by atoms with E-state index in [1.165, 1.54) is 24.0 Å². The lowest BCUT2D eigenvalue weighted by Gasteiger charge is -2.27. The molecule has 54 heavy (non-hydrogen) atoms. The largest absolute Gasteiger partial charge is 0.377 e. The third-order valence-corrected chi connectivity index (χ3v) is 11.9. The quantitative estimate of drug-likeness (QED) is 0.0615. The summed E-state index contributed by atoms with van der Waals surface area (Å²) in [5.74, 6) is 2.75. The fourth-order valence-corrected chi connectivity index (χ4v) is 8.68. The van der Waals surface area contributed by atoms with Crippen LogP contribution >= 0.6 is 0 Å². The standard InChI is InChI=1S/C43H56N8O2S/c1-32-24-26-35(27-25-32)47-43-49-41(48-42(50-43)45-31-28-36(33-16-8-6-9-17-33)34-18-10-7-11-19-34)44-29-12-4-5-13-30-46-54(52,53)40-23-15-20-37-38(40)21-14-22-39(37)51(2)3/h6-11,14-23,32,35-36,46H,4-5,12-13,24-31H2,1-3H3,(H3,44,45,47,48,49,50). The van der Waals surface area contributed by atoms with Gasteiger partial charge in [0.05, 0.1) is 4.90 Å². The van der Waals surface area contributed by atoms with Gasteiger partial charge in [-0.05, 0) is 74.1 Å². The summed E-state index contributed by atoms with van der Waals surface area (Å²) >= 11 is 0. The Kier molecular flexibility index (Phi) is 13.7. The first-order valence-electron chi connectivity index (χ1n) is 19.6. The highest BCUT2D eigenvalue weighted by molar-refractivity contribution is 7.89. The number of aromatic nitrogens is 3. The van der Waals surface area contributed by atoms with Crippen LogP contribution in [0.4, 0.5) is 23.5 Å². The van der Waals surface area contributed by atoms with E-state index in [0.29, 0.717) is 48.4 Å². The molecule has 0 spiro atoms. The summed E-state index contributed by atoms with van der Waals surface area (Å²) in [6, 6.07) is 32.9. The number of benzene rings is 4. The summed E-state index contributed by atoms with van der Waals surface area (Å²) in [6.07, 6.45) is 9.07. The maximum atomic E-state index is 13.3. The molecular weight excluding hydrogens is 693 g/mol. The fraction of sp³-hybridized carbons (Fsp3) is 0.419. The number of nitrogens with zero attached hydrogens (tertiary/aromatic N) is 4. The van der Waals surface area contributed by atoms with Gasteiger partial charge in [-0.2, -0.15) is 15.0 Å². The number of anilines is 4. The van der Waals surface area contributed by atoms with Gasteiger partial charge >= 0.3 is 0 Å². The predicted molar refractivity (Wildman–Crippen MR) is 223 cm³/mol. The summed E-state index contributed by atoms with van der Waals surface area (Å²) in [7, 11) is 0.287. The van der Waals surface area contributed by atoms with Gasteiger partial charge in [0.25, 0.3) is 0 Å². The van der Waals surface area contributed by atoms with Crippen molar-refractivity contribution in [1.29, 1.82) is 0 Å². The second kappa shape index (κ2) is 19.0. The molecule has 1 fully saturated rings. The van der Waals surface area contributed by atoms with Crippen LogP contribution in [0.3, 0.4) is 0 Å². The molecule has 1 aromatic heterocycles. The highest BCUT2D eigenvalue weighted by Crippen LogP contribution is 2.31. The minimum atomic E-state index is -3.64. The summed E-state index contributed by atoms with van der Waals surface area (Å²) < 4.78 is 29.4. The first-order chi connectivity index (χ1) is 26.3. The van der Waals surface area contributed by atoms with Gasteiger partial charge in [-0.25, -0.2) is 13.1 Å². The lowest BCUT2D eigenvalue weighted by atomic mass is 9.87. The Morgan fingerprint density at radius 1 is 0.648 bits per heavy atom. The molecule has 1 heterocycles. The zero-order chi connectivity index (χ0) is 37.8. The molecule has 1 aliphatic rings. The molecule has 1 saturated carbocycles. The molecule has 0 amide bonds. The number of fused-ring (bicyclic) bond motifs is 1. The van der Waals surface area contributed by atoms with E-state index < -0.39 is 10.0 Å². The Labute approximate surface area is 321 Å². The van der Waals surface area contributed by atoms with Gasteiger partial charge in [0, 0.05) is 62.1 Å². The minimum Gasteiger partial charge on any atom is -0.377 e. The van der Waals surface area contributed by atoms with E-state index in [1.54, 1.807) is 6.07 Å². The number of nitrogens with one attached hydrogen (secondary N) is 4. The van der Waals surface area contributed by atoms with E-state index in [2.05, 4.69) is 88.3 Å². The van der Waals surface area contributed by atoms with E-state index in [9.17, 15) is 8.42 Å². The summed E-state index contributed by atoms with van der Waals surface area (Å²) in [6.45, 7) is 4.14. The van der Waals surface area contributed by atoms with Crippen molar-refractivity contribution in [2.24, 2.45) is 5.92 Å². The maximum absolute atomic E-state index is 13.3. The number of hydrogen-bond acceptors (Lipinski definition) is 9. The molecule has 0 atom stereocenters. The zero-order valence-corrected chi connectivity index (χ0v) is 32.8. The van der Waals surface area contributed by atoms with Crippen LogP contribution in [-0.4, -0.2) is 63.1 Å². The van der Waals surface area contributed by atoms with Crippen molar-refractivity contribution < 1.29 is 8.42 Å². The maximum Gasteiger partial charge on any atom is 0.241 e. The molecule has 6 rings (SSSR count). The normalized spacial score (nSPS) is 16.0. The van der Waals surface area contributed by atoms with E-state index in [4.69, 9.17) is 15.0 Å². The molecule has 286 valence electrons. The Morgan fingerprint density at radius 2 is 1.22 bits per heavy atom. The fourth-order valence-electron chi connectivity index (χ4n) is 7.39. The monoisotopic (exact) mass is 748 g/mol. The predicted octanol–water partition coefficient (Wildman–Crippen LogP) is 8.67. The lowest BCUT2D eigenvalue weighted by molar-refractivity contribution is 0.360. The molecule has 0 radical (unpaired) electrons. The average molecular weight is 749 g/mol. The molecule has 4 N–H and O–H groups in total. The molecule has 10 nitrogen and oxygen atoms in total. The Morgan fingerprint density at radius 3 is 1.87 bits per heavy atom. The number of hydrogen-bond donors (Lipinski definition) is 4. The number of sulfonamides is 1. The molecule has 1 aliphatic carbocycles. The lowest BCUT2D eigenvalue weighted by Crippen LogP contribution is -2.26. The number of unbranched alkanes of at least 4 members (excludes halogenated alkanes) is 3. The van der Waals surface area contributed by atoms with Crippen LogP contribution < -0.4 is 25.6 Å². The Hall–Kier alpha value is -4.74. The zero-order valence-electron chi connectivity index (χ0n) is 32.0. The molecule has 0 bridgehead atoms. The van der Waals surface area contributed by atoms with Gasteiger partial charge < -0.3 is 20.9 Å². The van der Waals surface area contributed by atoms with Gasteiger partial charge in [-0.15, -0.1) is 0 Å². The highest BCUT2D eigenvalue weighted by Gasteiger charge is 2.21. The third kappa shape index (κ3) is 10.7. The van der Waals surface area contributed by atoms with Crippen LogP contribution in [0.15, 0.2) is 102 Å². The minimum absolute atomic E-state index is 0.256. The van der Waals surface area contributed by atoms with Crippen molar-refractivity contribution in [1.82, 2.24) is 19.7 Å². The van der Waals surface area contributed by atoms with E-state index in [0.717, 1.165) is 67.3 Å². The first kappa shape index (κ1) is 39.0. The van der Waals surface area contributed by atoms with Crippen LogP contribution in [0, 0.1) is 5.92 Å². The van der Waals surface area contributed by atoms with Crippen molar-refractivity contribution in [3.8, 4) is 0 Å². The SMILES string of the molecule is CC1CCC(Nc2nc(NCCCCCCNS(=O)(=O)c3cccc4c(N(C)C)cccc34)nc(NCCC(c3ccccc3)c3ccccc3)n2)CC1. The van der Waals surface area contributed by atoms with Gasteiger partial charge in [0.15, 0.2) is 0 Å². The highest BCUT2D eigenvalue weighted by atomic mass is 32.2. The van der Waals surface area contributed by atoms with Crippen LogP contribution in [-0.2, 0) is 10.0 Å². The molecule has 0 saturated heterocycles. The summed E-state index contributed by atoms with van der Waals surface area (Å²) in [5, 5.41) is 12.2. The van der Waals surface area contributed by atoms with E-state index >= 15 is 0 Å². The van der Waals surface area contributed by atoms with Crippen LogP contribution in [0.25, 0.3) is 10.8 Å². The van der Waals surface area contributed by atoms with Crippen LogP contribution in [0.5, 0.6) is 0 Å². The molecule has 4 aromatic carbocycles. The van der Waals surface area contributed by atoms with Gasteiger partial charge in [-0.1, -0.05) is 105 Å². The van der Waals surface area contributed by atoms with Gasteiger partial charge in [-0.3, -0.25) is 0 Å². The van der Waals surface area contributed by atoms with Crippen molar-refractivity contribution in [3.05, 3.63) is 108 Å². The van der Waals surface area contributed by atoms with Crippen molar-refractivity contribution in [3.63, 3.8) is 0 Å². The van der Waals surface area contributed by atoms with Crippen molar-refractivity contribution in [2.45, 2.75) is 81.6 Å². The summed E-state index contributed by atoms with van der Waals surface area (Å²) in [5.41, 5.74) is 3.57. The third-order valence-electron chi connectivity index (χ3n) is 10.4. The van der Waals surface area contributed by atoms with E-state index in [1.807, 2.05) is 49.3 Å². The molecule has 5 aromatic rings. The van der Waals surface area contributed by atoms with Crippen molar-refractivity contribution in [2.75, 3.05) is 54.6 Å². The molecule has 0 aliphatic heterocycles. The van der Waals surface area contributed by atoms with Gasteiger partial charge in [0.2, 0.25) is 27.9 Å². The van der Waals surface area contributed by atoms with E-state index in [-0.39, 0.29) is 5.92 Å². The topological polar surface area (TPSA) is 124 Å². The van der Waals surface area contributed by atoms with Crippen LogP contribution in [0.2, 0.25) is 0 Å². The van der Waals surface area contributed by atoms with Crippen molar-refractivity contribution >= 4 is 44.3 Å². The Balaban J connectivity index is 1.01. The smallest absolute Gasteiger partial charge is 0.241 e. The summed E-state index contributed by atoms with van der Waals surface area (Å²) in [4.78, 5) is 16.6. The molecule has 11 heteroatoms. The first-order valence-corrected chi connectivity index (χ1v) is 21.0.